The molecule has 0 rings (SSSR count). The highest BCUT2D eigenvalue weighted by atomic mass is 15.1. The molecule has 0 aliphatic heterocycles. The fourth-order valence-electron chi connectivity index (χ4n) is 2.44. The van der Waals surface area contributed by atoms with Crippen molar-refractivity contribution < 1.29 is 0 Å². The van der Waals surface area contributed by atoms with E-state index in [9.17, 15) is 0 Å². The number of hydrogen-bond acceptors (Lipinski definition) is 2. The summed E-state index contributed by atoms with van der Waals surface area (Å²) < 4.78 is 0. The fraction of sp³-hybridized carbons (Fsp3) is 1.00. The first kappa shape index (κ1) is 15.9. The lowest BCUT2D eigenvalue weighted by Crippen LogP contribution is -2.41. The van der Waals surface area contributed by atoms with Gasteiger partial charge in [-0.15, -0.1) is 0 Å². The number of hydrogen-bond donors (Lipinski definition) is 1. The SMILES string of the molecule is CCCCCN(C)CC(CC)(CC)CNC. The third kappa shape index (κ3) is 5.86. The van der Waals surface area contributed by atoms with Gasteiger partial charge in [-0.05, 0) is 45.3 Å². The lowest BCUT2D eigenvalue weighted by Gasteiger charge is -2.35. The predicted octanol–water partition coefficient (Wildman–Crippen LogP) is 3.13. The number of unbranched alkanes of at least 4 members (excludes halogenated alkanes) is 2. The van der Waals surface area contributed by atoms with Crippen LogP contribution in [0.3, 0.4) is 0 Å². The number of nitrogens with zero attached hydrogens (tertiary/aromatic N) is 1. The zero-order chi connectivity index (χ0) is 12.4. The molecule has 0 aliphatic carbocycles. The van der Waals surface area contributed by atoms with Gasteiger partial charge in [0.2, 0.25) is 0 Å². The Morgan fingerprint density at radius 3 is 2.12 bits per heavy atom. The van der Waals surface area contributed by atoms with Crippen molar-refractivity contribution in [3.8, 4) is 0 Å². The molecular weight excluding hydrogens is 196 g/mol. The second kappa shape index (κ2) is 9.00. The Morgan fingerprint density at radius 2 is 1.69 bits per heavy atom. The summed E-state index contributed by atoms with van der Waals surface area (Å²) in [6, 6.07) is 0. The van der Waals surface area contributed by atoms with Crippen LogP contribution in [0.2, 0.25) is 0 Å². The molecule has 0 heterocycles. The van der Waals surface area contributed by atoms with Crippen LogP contribution in [0, 0.1) is 5.41 Å². The second-order valence-corrected chi connectivity index (χ2v) is 5.18. The van der Waals surface area contributed by atoms with Gasteiger partial charge < -0.3 is 10.2 Å². The lowest BCUT2D eigenvalue weighted by atomic mass is 9.81. The van der Waals surface area contributed by atoms with Gasteiger partial charge >= 0.3 is 0 Å². The molecule has 0 aromatic carbocycles. The van der Waals surface area contributed by atoms with Crippen molar-refractivity contribution in [1.82, 2.24) is 10.2 Å². The first-order chi connectivity index (χ1) is 7.64. The van der Waals surface area contributed by atoms with E-state index >= 15 is 0 Å². The topological polar surface area (TPSA) is 15.3 Å². The Hall–Kier alpha value is -0.0800. The second-order valence-electron chi connectivity index (χ2n) is 5.18. The van der Waals surface area contributed by atoms with Gasteiger partial charge in [-0.2, -0.15) is 0 Å². The van der Waals surface area contributed by atoms with E-state index in [1.54, 1.807) is 0 Å². The Bertz CT molecular complexity index is 153. The average molecular weight is 228 g/mol. The molecule has 16 heavy (non-hydrogen) atoms. The van der Waals surface area contributed by atoms with Crippen LogP contribution in [-0.4, -0.2) is 38.6 Å². The molecule has 0 unspecified atom stereocenters. The molecule has 0 saturated heterocycles. The molecule has 0 bridgehead atoms. The molecule has 0 saturated carbocycles. The van der Waals surface area contributed by atoms with Gasteiger partial charge in [0.15, 0.2) is 0 Å². The largest absolute Gasteiger partial charge is 0.319 e. The molecule has 0 aromatic rings. The minimum atomic E-state index is 0.468. The maximum Gasteiger partial charge on any atom is 0.00469 e. The maximum atomic E-state index is 3.36. The van der Waals surface area contributed by atoms with Gasteiger partial charge in [0.25, 0.3) is 0 Å². The van der Waals surface area contributed by atoms with Crippen LogP contribution in [0.5, 0.6) is 0 Å². The van der Waals surface area contributed by atoms with E-state index in [1.807, 2.05) is 0 Å². The van der Waals surface area contributed by atoms with Crippen molar-refractivity contribution in [2.24, 2.45) is 5.41 Å². The van der Waals surface area contributed by atoms with E-state index in [0.29, 0.717) is 5.41 Å². The minimum Gasteiger partial charge on any atom is -0.319 e. The van der Waals surface area contributed by atoms with Gasteiger partial charge in [-0.25, -0.2) is 0 Å². The van der Waals surface area contributed by atoms with Crippen molar-refractivity contribution in [2.75, 3.05) is 33.7 Å². The fourth-order valence-corrected chi connectivity index (χ4v) is 2.44. The summed E-state index contributed by atoms with van der Waals surface area (Å²) >= 11 is 0. The molecule has 2 nitrogen and oxygen atoms in total. The van der Waals surface area contributed by atoms with Crippen LogP contribution in [0.1, 0.15) is 52.9 Å². The molecule has 0 atom stereocenters. The van der Waals surface area contributed by atoms with Gasteiger partial charge in [-0.1, -0.05) is 33.6 Å². The highest BCUT2D eigenvalue weighted by molar-refractivity contribution is 4.81. The molecule has 0 aromatic heterocycles. The number of rotatable bonds is 10. The summed E-state index contributed by atoms with van der Waals surface area (Å²) in [5.41, 5.74) is 0.468. The van der Waals surface area contributed by atoms with Gasteiger partial charge in [0.05, 0.1) is 0 Å². The highest BCUT2D eigenvalue weighted by Crippen LogP contribution is 2.26. The molecule has 2 heteroatoms. The van der Waals surface area contributed by atoms with E-state index in [1.165, 1.54) is 45.2 Å². The predicted molar refractivity (Wildman–Crippen MR) is 74.0 cm³/mol. The molecular formula is C14H32N2. The van der Waals surface area contributed by atoms with Gasteiger partial charge in [0, 0.05) is 13.1 Å². The molecule has 0 spiro atoms. The summed E-state index contributed by atoms with van der Waals surface area (Å²) in [7, 11) is 4.34. The Morgan fingerprint density at radius 1 is 1.06 bits per heavy atom. The molecule has 98 valence electrons. The first-order valence-electron chi connectivity index (χ1n) is 6.97. The van der Waals surface area contributed by atoms with Crippen LogP contribution in [-0.2, 0) is 0 Å². The summed E-state index contributed by atoms with van der Waals surface area (Å²) in [4.78, 5) is 2.51. The molecule has 1 N–H and O–H groups in total. The summed E-state index contributed by atoms with van der Waals surface area (Å²) in [6.45, 7) is 10.5. The standard InChI is InChI=1S/C14H32N2/c1-6-9-10-11-16(5)13-14(7-2,8-3)12-15-4/h15H,6-13H2,1-5H3. The maximum absolute atomic E-state index is 3.36. The van der Waals surface area contributed by atoms with Gasteiger partial charge in [0.1, 0.15) is 0 Å². The van der Waals surface area contributed by atoms with Crippen LogP contribution < -0.4 is 5.32 Å². The quantitative estimate of drug-likeness (QED) is 0.578. The zero-order valence-corrected chi connectivity index (χ0v) is 12.1. The third-order valence-electron chi connectivity index (χ3n) is 3.80. The normalized spacial score (nSPS) is 12.4. The number of nitrogens with one attached hydrogen (secondary N) is 1. The highest BCUT2D eigenvalue weighted by Gasteiger charge is 2.26. The third-order valence-corrected chi connectivity index (χ3v) is 3.80. The van der Waals surface area contributed by atoms with E-state index < -0.39 is 0 Å². The molecule has 0 fully saturated rings. The first-order valence-corrected chi connectivity index (χ1v) is 6.97. The van der Waals surface area contributed by atoms with Gasteiger partial charge in [-0.3, -0.25) is 0 Å². The van der Waals surface area contributed by atoms with Crippen molar-refractivity contribution in [3.63, 3.8) is 0 Å². The van der Waals surface area contributed by atoms with Crippen LogP contribution in [0.15, 0.2) is 0 Å². The molecule has 0 radical (unpaired) electrons. The van der Waals surface area contributed by atoms with Crippen LogP contribution in [0.25, 0.3) is 0 Å². The Labute approximate surface area is 103 Å². The van der Waals surface area contributed by atoms with E-state index in [2.05, 4.69) is 45.1 Å². The van der Waals surface area contributed by atoms with Crippen molar-refractivity contribution in [1.29, 1.82) is 0 Å². The van der Waals surface area contributed by atoms with Crippen molar-refractivity contribution in [2.45, 2.75) is 52.9 Å². The molecule has 0 aliphatic rings. The van der Waals surface area contributed by atoms with Crippen LogP contribution >= 0.6 is 0 Å². The Balaban J connectivity index is 4.06. The zero-order valence-electron chi connectivity index (χ0n) is 12.1. The Kier molecular flexibility index (Phi) is 8.96. The smallest absolute Gasteiger partial charge is 0.00469 e. The van der Waals surface area contributed by atoms with Crippen LogP contribution in [0.4, 0.5) is 0 Å². The van der Waals surface area contributed by atoms with E-state index in [4.69, 9.17) is 0 Å². The van der Waals surface area contributed by atoms with Crippen molar-refractivity contribution in [3.05, 3.63) is 0 Å². The molecule has 0 amide bonds. The van der Waals surface area contributed by atoms with Crippen molar-refractivity contribution >= 4 is 0 Å². The average Bonchev–Trinajstić information content (AvgIpc) is 2.29. The lowest BCUT2D eigenvalue weighted by molar-refractivity contribution is 0.156. The minimum absolute atomic E-state index is 0.468. The summed E-state index contributed by atoms with van der Waals surface area (Å²) in [5.74, 6) is 0. The van der Waals surface area contributed by atoms with E-state index in [0.717, 1.165) is 6.54 Å². The monoisotopic (exact) mass is 228 g/mol. The summed E-state index contributed by atoms with van der Waals surface area (Å²) in [6.07, 6.45) is 6.56. The summed E-state index contributed by atoms with van der Waals surface area (Å²) in [5, 5.41) is 3.36. The van der Waals surface area contributed by atoms with E-state index in [-0.39, 0.29) is 0 Å².